The smallest absolute Gasteiger partial charge is 0.259 e. The summed E-state index contributed by atoms with van der Waals surface area (Å²) in [6.07, 6.45) is 5.94. The molecule has 0 radical (unpaired) electrons. The fourth-order valence-corrected chi connectivity index (χ4v) is 3.08. The van der Waals surface area contributed by atoms with Crippen molar-refractivity contribution in [2.75, 3.05) is 20.1 Å². The fraction of sp³-hybridized carbons (Fsp3) is 0.375. The lowest BCUT2D eigenvalue weighted by atomic mass is 9.96. The molecule has 0 aromatic carbocycles. The van der Waals surface area contributed by atoms with Gasteiger partial charge in [-0.3, -0.25) is 9.78 Å². The molecule has 0 spiro atoms. The van der Waals surface area contributed by atoms with E-state index in [2.05, 4.69) is 35.9 Å². The van der Waals surface area contributed by atoms with Crippen LogP contribution < -0.4 is 0 Å². The number of aromatic nitrogens is 1. The SMILES string of the molecule is CCN1CC=CC2=C1C(C)c1ncccc1C(=O)N2C. The first-order chi connectivity index (χ1) is 9.65. The molecular formula is C16H19N3O. The highest BCUT2D eigenvalue weighted by molar-refractivity contribution is 5.97. The Morgan fingerprint density at radius 2 is 2.25 bits per heavy atom. The van der Waals surface area contributed by atoms with E-state index < -0.39 is 0 Å². The number of pyridine rings is 1. The Kier molecular flexibility index (Phi) is 3.08. The van der Waals surface area contributed by atoms with E-state index in [9.17, 15) is 4.79 Å². The Bertz CT molecular complexity index is 618. The van der Waals surface area contributed by atoms with Crippen molar-refractivity contribution in [1.29, 1.82) is 0 Å². The number of carbonyl (C=O) groups excluding carboxylic acids is 1. The molecule has 1 aromatic rings. The molecule has 3 rings (SSSR count). The lowest BCUT2D eigenvalue weighted by molar-refractivity contribution is 0.0837. The lowest BCUT2D eigenvalue weighted by Crippen LogP contribution is -2.33. The highest BCUT2D eigenvalue weighted by Gasteiger charge is 2.33. The van der Waals surface area contributed by atoms with Gasteiger partial charge in [0, 0.05) is 37.9 Å². The maximum atomic E-state index is 12.6. The number of hydrogen-bond acceptors (Lipinski definition) is 3. The van der Waals surface area contributed by atoms with E-state index in [4.69, 9.17) is 0 Å². The zero-order valence-corrected chi connectivity index (χ0v) is 12.1. The van der Waals surface area contributed by atoms with Gasteiger partial charge in [-0.05, 0) is 25.1 Å². The van der Waals surface area contributed by atoms with Crippen molar-refractivity contribution < 1.29 is 4.79 Å². The first-order valence-corrected chi connectivity index (χ1v) is 7.03. The Morgan fingerprint density at radius 1 is 1.45 bits per heavy atom. The van der Waals surface area contributed by atoms with Gasteiger partial charge in [0.1, 0.15) is 0 Å². The van der Waals surface area contributed by atoms with Crippen LogP contribution in [0.3, 0.4) is 0 Å². The normalized spacial score (nSPS) is 21.8. The second kappa shape index (κ2) is 4.78. The van der Waals surface area contributed by atoms with E-state index in [0.29, 0.717) is 5.56 Å². The first kappa shape index (κ1) is 12.9. The molecule has 2 aliphatic heterocycles. The molecule has 0 saturated heterocycles. The lowest BCUT2D eigenvalue weighted by Gasteiger charge is -2.34. The van der Waals surface area contributed by atoms with Gasteiger partial charge in [-0.25, -0.2) is 0 Å². The first-order valence-electron chi connectivity index (χ1n) is 7.03. The Morgan fingerprint density at radius 3 is 3.00 bits per heavy atom. The van der Waals surface area contributed by atoms with Crippen LogP contribution in [-0.4, -0.2) is 40.8 Å². The van der Waals surface area contributed by atoms with Crippen molar-refractivity contribution in [3.8, 4) is 0 Å². The van der Waals surface area contributed by atoms with Gasteiger partial charge in [0.25, 0.3) is 5.91 Å². The topological polar surface area (TPSA) is 36.4 Å². The van der Waals surface area contributed by atoms with E-state index in [1.54, 1.807) is 11.1 Å². The van der Waals surface area contributed by atoms with Crippen molar-refractivity contribution in [3.63, 3.8) is 0 Å². The summed E-state index contributed by atoms with van der Waals surface area (Å²) in [6, 6.07) is 3.70. The Balaban J connectivity index is 2.23. The molecule has 1 amide bonds. The maximum absolute atomic E-state index is 12.6. The summed E-state index contributed by atoms with van der Waals surface area (Å²) in [7, 11) is 1.84. The van der Waals surface area contributed by atoms with E-state index in [1.165, 1.54) is 5.70 Å². The highest BCUT2D eigenvalue weighted by Crippen LogP contribution is 2.36. The standard InChI is InChI=1S/C16H19N3O/c1-4-19-10-6-8-13-15(19)11(2)14-12(7-5-9-17-14)16(20)18(13)3/h5-9,11H,4,10H2,1-3H3. The maximum Gasteiger partial charge on any atom is 0.259 e. The number of nitrogens with zero attached hydrogens (tertiary/aromatic N) is 3. The number of hydrogen-bond donors (Lipinski definition) is 0. The third-order valence-electron chi connectivity index (χ3n) is 4.14. The second-order valence-electron chi connectivity index (χ2n) is 5.23. The monoisotopic (exact) mass is 269 g/mol. The minimum atomic E-state index is 0.0209. The predicted molar refractivity (Wildman–Crippen MR) is 78.2 cm³/mol. The van der Waals surface area contributed by atoms with Gasteiger partial charge in [-0.1, -0.05) is 13.0 Å². The Labute approximate surface area is 119 Å². The van der Waals surface area contributed by atoms with Crippen LogP contribution in [-0.2, 0) is 0 Å². The van der Waals surface area contributed by atoms with Crippen LogP contribution >= 0.6 is 0 Å². The molecule has 0 N–H and O–H groups in total. The number of fused-ring (bicyclic) bond motifs is 1. The quantitative estimate of drug-likeness (QED) is 0.785. The van der Waals surface area contributed by atoms with Crippen LogP contribution in [0.1, 0.15) is 35.8 Å². The van der Waals surface area contributed by atoms with E-state index in [-0.39, 0.29) is 11.8 Å². The van der Waals surface area contributed by atoms with Crippen LogP contribution in [0.25, 0.3) is 0 Å². The average Bonchev–Trinajstić information content (AvgIpc) is 2.58. The third kappa shape index (κ3) is 1.75. The molecule has 0 aliphatic carbocycles. The summed E-state index contributed by atoms with van der Waals surface area (Å²) in [4.78, 5) is 21.2. The van der Waals surface area contributed by atoms with Crippen molar-refractivity contribution >= 4 is 5.91 Å². The van der Waals surface area contributed by atoms with Crippen LogP contribution in [0.2, 0.25) is 0 Å². The number of allylic oxidation sites excluding steroid dienone is 2. The van der Waals surface area contributed by atoms with Crippen molar-refractivity contribution in [2.45, 2.75) is 19.8 Å². The number of amides is 1. The zero-order chi connectivity index (χ0) is 14.3. The van der Waals surface area contributed by atoms with Gasteiger partial charge in [0.15, 0.2) is 0 Å². The fourth-order valence-electron chi connectivity index (χ4n) is 3.08. The summed E-state index contributed by atoms with van der Waals surface area (Å²) in [6.45, 7) is 6.10. The molecule has 3 heterocycles. The third-order valence-corrected chi connectivity index (χ3v) is 4.14. The largest absolute Gasteiger partial charge is 0.369 e. The van der Waals surface area contributed by atoms with Gasteiger partial charge in [0.05, 0.1) is 17.0 Å². The van der Waals surface area contributed by atoms with E-state index in [0.717, 1.165) is 24.5 Å². The molecule has 1 unspecified atom stereocenters. The van der Waals surface area contributed by atoms with Crippen molar-refractivity contribution in [1.82, 2.24) is 14.8 Å². The molecule has 2 aliphatic rings. The Hall–Kier alpha value is -2.10. The molecule has 0 saturated carbocycles. The number of rotatable bonds is 1. The highest BCUT2D eigenvalue weighted by atomic mass is 16.2. The summed E-state index contributed by atoms with van der Waals surface area (Å²) >= 11 is 0. The summed E-state index contributed by atoms with van der Waals surface area (Å²) in [5, 5.41) is 0. The molecule has 0 fully saturated rings. The van der Waals surface area contributed by atoms with E-state index in [1.807, 2.05) is 19.2 Å². The molecule has 4 nitrogen and oxygen atoms in total. The van der Waals surface area contributed by atoms with Gasteiger partial charge in [-0.15, -0.1) is 0 Å². The zero-order valence-electron chi connectivity index (χ0n) is 12.1. The molecule has 1 aromatic heterocycles. The summed E-state index contributed by atoms with van der Waals surface area (Å²) < 4.78 is 0. The molecular weight excluding hydrogens is 250 g/mol. The van der Waals surface area contributed by atoms with Crippen molar-refractivity contribution in [2.24, 2.45) is 0 Å². The predicted octanol–water partition coefficient (Wildman–Crippen LogP) is 2.37. The summed E-state index contributed by atoms with van der Waals surface area (Å²) in [5.74, 6) is 0.146. The van der Waals surface area contributed by atoms with Crippen LogP contribution in [0.5, 0.6) is 0 Å². The van der Waals surface area contributed by atoms with Gasteiger partial charge >= 0.3 is 0 Å². The van der Waals surface area contributed by atoms with Crippen LogP contribution in [0, 0.1) is 0 Å². The van der Waals surface area contributed by atoms with Crippen LogP contribution in [0.4, 0.5) is 0 Å². The second-order valence-corrected chi connectivity index (χ2v) is 5.23. The molecule has 104 valence electrons. The molecule has 4 heteroatoms. The minimum Gasteiger partial charge on any atom is -0.369 e. The van der Waals surface area contributed by atoms with Crippen molar-refractivity contribution in [3.05, 3.63) is 53.1 Å². The molecule has 0 bridgehead atoms. The average molecular weight is 269 g/mol. The minimum absolute atomic E-state index is 0.0209. The number of carbonyl (C=O) groups is 1. The summed E-state index contributed by atoms with van der Waals surface area (Å²) in [5.41, 5.74) is 3.78. The molecule has 1 atom stereocenters. The van der Waals surface area contributed by atoms with Gasteiger partial charge in [0.2, 0.25) is 0 Å². The molecule has 20 heavy (non-hydrogen) atoms. The van der Waals surface area contributed by atoms with E-state index >= 15 is 0 Å². The van der Waals surface area contributed by atoms with Gasteiger partial charge < -0.3 is 9.80 Å². The number of likely N-dealkylation sites (N-methyl/N-ethyl adjacent to an activating group) is 2. The van der Waals surface area contributed by atoms with Crippen LogP contribution in [0.15, 0.2) is 41.9 Å². The van der Waals surface area contributed by atoms with Gasteiger partial charge in [-0.2, -0.15) is 0 Å².